The lowest BCUT2D eigenvalue weighted by Crippen LogP contribution is -2.18. The third-order valence-electron chi connectivity index (χ3n) is 4.10. The van der Waals surface area contributed by atoms with Gasteiger partial charge in [-0.25, -0.2) is 0 Å². The minimum atomic E-state index is 0.212. The molecule has 5 nitrogen and oxygen atoms in total. The standard InChI is InChI=1S/C16H20Cl2N4O/c1-2-23-13(7-11-3-4-11)8-12-5-6-15(17)14(16(12)18)9-22-20-10-19-21-22/h5-6,10-11,13H,2-4,7-9H2,1H3. The third-order valence-corrected chi connectivity index (χ3v) is 4.93. The molecule has 0 amide bonds. The Labute approximate surface area is 145 Å². The van der Waals surface area contributed by atoms with Crippen molar-refractivity contribution in [2.75, 3.05) is 6.61 Å². The normalized spacial score (nSPS) is 15.8. The number of ether oxygens (including phenoxy) is 1. The van der Waals surface area contributed by atoms with E-state index in [1.807, 2.05) is 19.1 Å². The molecule has 23 heavy (non-hydrogen) atoms. The summed E-state index contributed by atoms with van der Waals surface area (Å²) in [6, 6.07) is 3.87. The molecular formula is C16H20Cl2N4O. The average Bonchev–Trinajstić information content (AvgIpc) is 3.19. The van der Waals surface area contributed by atoms with Gasteiger partial charge in [0.15, 0.2) is 6.33 Å². The molecule has 0 radical (unpaired) electrons. The largest absolute Gasteiger partial charge is 0.378 e. The number of aromatic nitrogens is 4. The number of benzene rings is 1. The number of hydrogen-bond acceptors (Lipinski definition) is 4. The van der Waals surface area contributed by atoms with Crippen LogP contribution in [0.4, 0.5) is 0 Å². The maximum absolute atomic E-state index is 6.60. The molecule has 1 aliphatic rings. The van der Waals surface area contributed by atoms with Crippen molar-refractivity contribution < 1.29 is 4.74 Å². The monoisotopic (exact) mass is 354 g/mol. The zero-order valence-electron chi connectivity index (χ0n) is 13.1. The van der Waals surface area contributed by atoms with Crippen LogP contribution in [0, 0.1) is 5.92 Å². The fraction of sp³-hybridized carbons (Fsp3) is 0.562. The molecule has 1 aromatic carbocycles. The van der Waals surface area contributed by atoms with Crippen molar-refractivity contribution in [1.82, 2.24) is 20.2 Å². The Bertz CT molecular complexity index is 644. The summed E-state index contributed by atoms with van der Waals surface area (Å²) < 4.78 is 5.90. The predicted molar refractivity (Wildman–Crippen MR) is 89.8 cm³/mol. The van der Waals surface area contributed by atoms with Gasteiger partial charge in [0, 0.05) is 23.6 Å². The maximum Gasteiger partial charge on any atom is 0.162 e. The Hall–Kier alpha value is -1.17. The van der Waals surface area contributed by atoms with Gasteiger partial charge in [-0.15, -0.1) is 10.2 Å². The van der Waals surface area contributed by atoms with Gasteiger partial charge < -0.3 is 4.74 Å². The summed E-state index contributed by atoms with van der Waals surface area (Å²) in [5.41, 5.74) is 1.88. The number of rotatable bonds is 8. The second-order valence-electron chi connectivity index (χ2n) is 5.93. The molecule has 1 unspecified atom stereocenters. The molecule has 0 spiro atoms. The van der Waals surface area contributed by atoms with E-state index >= 15 is 0 Å². The number of tetrazole rings is 1. The van der Waals surface area contributed by atoms with Gasteiger partial charge in [-0.05, 0) is 36.1 Å². The summed E-state index contributed by atoms with van der Waals surface area (Å²) in [6.45, 7) is 3.16. The highest BCUT2D eigenvalue weighted by atomic mass is 35.5. The molecule has 0 N–H and O–H groups in total. The van der Waals surface area contributed by atoms with Crippen molar-refractivity contribution in [3.05, 3.63) is 39.6 Å². The highest BCUT2D eigenvalue weighted by Gasteiger charge is 2.26. The predicted octanol–water partition coefficient (Wildman–Crippen LogP) is 3.78. The SMILES string of the molecule is CCOC(Cc1ccc(Cl)c(Cn2ncnn2)c1Cl)CC1CC1. The Morgan fingerprint density at radius 3 is 2.83 bits per heavy atom. The van der Waals surface area contributed by atoms with E-state index in [-0.39, 0.29) is 6.10 Å². The number of hydrogen-bond donors (Lipinski definition) is 0. The van der Waals surface area contributed by atoms with Gasteiger partial charge in [0.05, 0.1) is 17.7 Å². The van der Waals surface area contributed by atoms with Crippen LogP contribution in [0.1, 0.15) is 37.3 Å². The number of halogens is 2. The molecule has 2 aromatic rings. The Morgan fingerprint density at radius 1 is 1.35 bits per heavy atom. The smallest absolute Gasteiger partial charge is 0.162 e. The first-order valence-corrected chi connectivity index (χ1v) is 8.71. The van der Waals surface area contributed by atoms with E-state index in [4.69, 9.17) is 27.9 Å². The van der Waals surface area contributed by atoms with Crippen molar-refractivity contribution in [2.24, 2.45) is 5.92 Å². The van der Waals surface area contributed by atoms with Crippen LogP contribution < -0.4 is 0 Å². The molecule has 7 heteroatoms. The Morgan fingerprint density at radius 2 is 2.17 bits per heavy atom. The summed E-state index contributed by atoms with van der Waals surface area (Å²) in [6.07, 6.45) is 6.16. The quantitative estimate of drug-likeness (QED) is 0.723. The van der Waals surface area contributed by atoms with Gasteiger partial charge in [0.2, 0.25) is 0 Å². The molecule has 1 atom stereocenters. The van der Waals surface area contributed by atoms with E-state index in [9.17, 15) is 0 Å². The molecule has 3 rings (SSSR count). The van der Waals surface area contributed by atoms with E-state index in [2.05, 4.69) is 15.4 Å². The zero-order chi connectivity index (χ0) is 16.2. The first-order chi connectivity index (χ1) is 11.2. The topological polar surface area (TPSA) is 52.8 Å². The molecule has 1 aromatic heterocycles. The van der Waals surface area contributed by atoms with E-state index in [0.717, 1.165) is 36.5 Å². The van der Waals surface area contributed by atoms with Crippen LogP contribution in [0.5, 0.6) is 0 Å². The van der Waals surface area contributed by atoms with Crippen LogP contribution in [0.25, 0.3) is 0 Å². The molecule has 124 valence electrons. The van der Waals surface area contributed by atoms with Gasteiger partial charge >= 0.3 is 0 Å². The van der Waals surface area contributed by atoms with E-state index in [0.29, 0.717) is 16.6 Å². The lowest BCUT2D eigenvalue weighted by Gasteiger charge is -2.19. The van der Waals surface area contributed by atoms with Crippen molar-refractivity contribution in [1.29, 1.82) is 0 Å². The second-order valence-corrected chi connectivity index (χ2v) is 6.71. The molecule has 0 bridgehead atoms. The minimum absolute atomic E-state index is 0.212. The summed E-state index contributed by atoms with van der Waals surface area (Å²) in [7, 11) is 0. The highest BCUT2D eigenvalue weighted by Crippen LogP contribution is 2.36. The van der Waals surface area contributed by atoms with E-state index in [1.165, 1.54) is 24.0 Å². The van der Waals surface area contributed by atoms with Gasteiger partial charge in [-0.1, -0.05) is 42.1 Å². The first kappa shape index (κ1) is 16.7. The molecule has 1 fully saturated rings. The van der Waals surface area contributed by atoms with Crippen LogP contribution in [0.3, 0.4) is 0 Å². The van der Waals surface area contributed by atoms with Crippen LogP contribution >= 0.6 is 23.2 Å². The van der Waals surface area contributed by atoms with Crippen LogP contribution in [-0.4, -0.2) is 32.9 Å². The zero-order valence-corrected chi connectivity index (χ0v) is 14.6. The first-order valence-electron chi connectivity index (χ1n) is 7.95. The van der Waals surface area contributed by atoms with Crippen LogP contribution in [0.2, 0.25) is 10.0 Å². The number of nitrogens with zero attached hydrogens (tertiary/aromatic N) is 4. The highest BCUT2D eigenvalue weighted by molar-refractivity contribution is 6.36. The fourth-order valence-corrected chi connectivity index (χ4v) is 3.34. The maximum atomic E-state index is 6.60. The second kappa shape index (κ2) is 7.60. The Kier molecular flexibility index (Phi) is 5.51. The average molecular weight is 355 g/mol. The molecule has 1 saturated carbocycles. The molecular weight excluding hydrogens is 335 g/mol. The minimum Gasteiger partial charge on any atom is -0.378 e. The van der Waals surface area contributed by atoms with Crippen molar-refractivity contribution >= 4 is 23.2 Å². The van der Waals surface area contributed by atoms with Gasteiger partial charge in [0.25, 0.3) is 0 Å². The molecule has 1 heterocycles. The summed E-state index contributed by atoms with van der Waals surface area (Å²) in [4.78, 5) is 1.47. The third kappa shape index (κ3) is 4.43. The van der Waals surface area contributed by atoms with Crippen LogP contribution in [-0.2, 0) is 17.7 Å². The fourth-order valence-electron chi connectivity index (χ4n) is 2.77. The van der Waals surface area contributed by atoms with Gasteiger partial charge in [0.1, 0.15) is 0 Å². The molecule has 0 aliphatic heterocycles. The van der Waals surface area contributed by atoms with Crippen molar-refractivity contribution in [3.8, 4) is 0 Å². The van der Waals surface area contributed by atoms with Crippen LogP contribution in [0.15, 0.2) is 18.5 Å². The lowest BCUT2D eigenvalue weighted by atomic mass is 10.0. The van der Waals surface area contributed by atoms with Crippen molar-refractivity contribution in [3.63, 3.8) is 0 Å². The van der Waals surface area contributed by atoms with E-state index < -0.39 is 0 Å². The Balaban J connectivity index is 1.78. The lowest BCUT2D eigenvalue weighted by molar-refractivity contribution is 0.0532. The summed E-state index contributed by atoms with van der Waals surface area (Å²) in [5, 5.41) is 12.9. The van der Waals surface area contributed by atoms with Gasteiger partial charge in [-0.2, -0.15) is 4.80 Å². The van der Waals surface area contributed by atoms with E-state index in [1.54, 1.807) is 0 Å². The molecule has 0 saturated heterocycles. The van der Waals surface area contributed by atoms with Crippen molar-refractivity contribution in [2.45, 2.75) is 45.3 Å². The molecule has 1 aliphatic carbocycles. The summed E-state index contributed by atoms with van der Waals surface area (Å²) >= 11 is 12.9. The summed E-state index contributed by atoms with van der Waals surface area (Å²) in [5.74, 6) is 0.816. The van der Waals surface area contributed by atoms with Gasteiger partial charge in [-0.3, -0.25) is 0 Å².